The second kappa shape index (κ2) is 4.75. The Labute approximate surface area is 121 Å². The number of nitro benzene ring substituents is 1. The van der Waals surface area contributed by atoms with Gasteiger partial charge in [0, 0.05) is 18.6 Å². The Balaban J connectivity index is 1.75. The molecule has 3 rings (SSSR count). The minimum Gasteiger partial charge on any atom is -0.488 e. The highest BCUT2D eigenvalue weighted by molar-refractivity contribution is 5.61. The van der Waals surface area contributed by atoms with Crippen LogP contribution in [0, 0.1) is 10.1 Å². The molecule has 1 saturated carbocycles. The maximum Gasteiger partial charge on any atom is 0.292 e. The minimum atomic E-state index is -0.520. The number of rotatable bonds is 4. The van der Waals surface area contributed by atoms with E-state index < -0.39 is 10.5 Å². The van der Waals surface area contributed by atoms with Gasteiger partial charge in [-0.3, -0.25) is 10.1 Å². The summed E-state index contributed by atoms with van der Waals surface area (Å²) in [6.45, 7) is 0. The maximum absolute atomic E-state index is 10.7. The summed E-state index contributed by atoms with van der Waals surface area (Å²) in [7, 11) is 0. The van der Waals surface area contributed by atoms with Gasteiger partial charge in [-0.2, -0.15) is 0 Å². The van der Waals surface area contributed by atoms with Gasteiger partial charge in [0.1, 0.15) is 17.5 Å². The molecular formula is C15H15N3O3. The second-order valence-corrected chi connectivity index (χ2v) is 5.19. The number of nitrogen functional groups attached to an aromatic ring is 1. The maximum atomic E-state index is 10.7. The van der Waals surface area contributed by atoms with Crippen LogP contribution in [0.15, 0.2) is 48.5 Å². The van der Waals surface area contributed by atoms with Crippen LogP contribution in [0.5, 0.6) is 5.75 Å². The van der Waals surface area contributed by atoms with Gasteiger partial charge in [0.2, 0.25) is 0 Å². The van der Waals surface area contributed by atoms with E-state index in [0.717, 1.165) is 5.56 Å². The van der Waals surface area contributed by atoms with Gasteiger partial charge >= 0.3 is 0 Å². The van der Waals surface area contributed by atoms with Gasteiger partial charge in [-0.25, -0.2) is 0 Å². The van der Waals surface area contributed by atoms with Crippen LogP contribution in [0.1, 0.15) is 12.0 Å². The summed E-state index contributed by atoms with van der Waals surface area (Å²) >= 11 is 0. The lowest BCUT2D eigenvalue weighted by Gasteiger charge is -2.13. The van der Waals surface area contributed by atoms with E-state index in [-0.39, 0.29) is 17.5 Å². The van der Waals surface area contributed by atoms with E-state index >= 15 is 0 Å². The van der Waals surface area contributed by atoms with Crippen LogP contribution >= 0.6 is 0 Å². The van der Waals surface area contributed by atoms with Gasteiger partial charge in [0.25, 0.3) is 5.69 Å². The first-order chi connectivity index (χ1) is 10.0. The van der Waals surface area contributed by atoms with Crippen molar-refractivity contribution >= 4 is 11.4 Å². The molecule has 0 bridgehead atoms. The zero-order valence-electron chi connectivity index (χ0n) is 11.2. The molecule has 1 aliphatic rings. The number of benzene rings is 2. The van der Waals surface area contributed by atoms with Gasteiger partial charge in [-0.15, -0.1) is 0 Å². The summed E-state index contributed by atoms with van der Waals surface area (Å²) in [5.74, 6) is 0.492. The first-order valence-corrected chi connectivity index (χ1v) is 6.56. The zero-order valence-corrected chi connectivity index (χ0v) is 11.2. The lowest BCUT2D eigenvalue weighted by atomic mass is 10.1. The van der Waals surface area contributed by atoms with E-state index in [4.69, 9.17) is 16.2 Å². The highest BCUT2D eigenvalue weighted by Crippen LogP contribution is 2.46. The summed E-state index contributed by atoms with van der Waals surface area (Å²) < 4.78 is 5.78. The van der Waals surface area contributed by atoms with Crippen LogP contribution in [-0.4, -0.2) is 11.0 Å². The SMILES string of the molecule is Nc1cc(O[C@@H]2CC2(N)c2ccccc2)ccc1[N+](=O)[O-]. The number of nitrogens with two attached hydrogens (primary N) is 2. The van der Waals surface area contributed by atoms with Crippen molar-refractivity contribution < 1.29 is 9.66 Å². The Morgan fingerprint density at radius 2 is 1.95 bits per heavy atom. The summed E-state index contributed by atoms with van der Waals surface area (Å²) in [6, 6.07) is 14.1. The Hall–Kier alpha value is -2.60. The molecule has 0 amide bonds. The number of ether oxygens (including phenoxy) is 1. The number of nitro groups is 1. The molecule has 0 radical (unpaired) electrons. The highest BCUT2D eigenvalue weighted by Gasteiger charge is 2.54. The largest absolute Gasteiger partial charge is 0.488 e. The molecule has 6 heteroatoms. The Kier molecular flexibility index (Phi) is 3.03. The molecule has 1 unspecified atom stereocenters. The van der Waals surface area contributed by atoms with E-state index in [1.54, 1.807) is 0 Å². The molecule has 6 nitrogen and oxygen atoms in total. The Morgan fingerprint density at radius 3 is 2.57 bits per heavy atom. The third-order valence-corrected chi connectivity index (χ3v) is 3.72. The van der Waals surface area contributed by atoms with Crippen molar-refractivity contribution in [2.24, 2.45) is 5.73 Å². The highest BCUT2D eigenvalue weighted by atomic mass is 16.6. The smallest absolute Gasteiger partial charge is 0.292 e. The predicted octanol–water partition coefficient (Wildman–Crippen LogP) is 2.18. The molecule has 4 N–H and O–H groups in total. The van der Waals surface area contributed by atoms with Crippen molar-refractivity contribution in [2.75, 3.05) is 5.73 Å². The Morgan fingerprint density at radius 1 is 1.24 bits per heavy atom. The molecule has 0 saturated heterocycles. The third-order valence-electron chi connectivity index (χ3n) is 3.72. The molecule has 1 aliphatic carbocycles. The number of hydrogen-bond acceptors (Lipinski definition) is 5. The number of hydrogen-bond donors (Lipinski definition) is 2. The van der Waals surface area contributed by atoms with Gasteiger partial charge in [-0.1, -0.05) is 30.3 Å². The van der Waals surface area contributed by atoms with E-state index in [9.17, 15) is 10.1 Å². The fourth-order valence-electron chi connectivity index (χ4n) is 2.38. The van der Waals surface area contributed by atoms with Crippen LogP contribution in [0.4, 0.5) is 11.4 Å². The van der Waals surface area contributed by atoms with E-state index in [1.165, 1.54) is 18.2 Å². The molecule has 0 aromatic heterocycles. The fraction of sp³-hybridized carbons (Fsp3) is 0.200. The van der Waals surface area contributed by atoms with Gasteiger partial charge in [-0.05, 0) is 11.6 Å². The summed E-state index contributed by atoms with van der Waals surface area (Å²) in [6.07, 6.45) is 0.550. The van der Waals surface area contributed by atoms with E-state index in [2.05, 4.69) is 0 Å². The second-order valence-electron chi connectivity index (χ2n) is 5.19. The molecule has 0 spiro atoms. The first kappa shape index (κ1) is 13.4. The van der Waals surface area contributed by atoms with Gasteiger partial charge < -0.3 is 16.2 Å². The molecule has 0 heterocycles. The average Bonchev–Trinajstić information content (AvgIpc) is 3.11. The summed E-state index contributed by atoms with van der Waals surface area (Å²) in [5, 5.41) is 10.7. The van der Waals surface area contributed by atoms with Crippen LogP contribution < -0.4 is 16.2 Å². The predicted molar refractivity (Wildman–Crippen MR) is 78.8 cm³/mol. The molecule has 108 valence electrons. The van der Waals surface area contributed by atoms with Crippen LogP contribution in [0.3, 0.4) is 0 Å². The normalized spacial score (nSPS) is 23.6. The number of nitrogens with zero attached hydrogens (tertiary/aromatic N) is 1. The molecule has 2 aromatic rings. The van der Waals surface area contributed by atoms with E-state index in [1.807, 2.05) is 30.3 Å². The number of anilines is 1. The quantitative estimate of drug-likeness (QED) is 0.509. The summed E-state index contributed by atoms with van der Waals surface area (Å²) in [4.78, 5) is 10.2. The molecule has 21 heavy (non-hydrogen) atoms. The van der Waals surface area contributed by atoms with Crippen molar-refractivity contribution in [1.82, 2.24) is 0 Å². The topological polar surface area (TPSA) is 104 Å². The van der Waals surface area contributed by atoms with Crippen molar-refractivity contribution in [1.29, 1.82) is 0 Å². The fourth-order valence-corrected chi connectivity index (χ4v) is 2.38. The van der Waals surface area contributed by atoms with Crippen molar-refractivity contribution in [3.8, 4) is 5.75 Å². The third kappa shape index (κ3) is 2.41. The van der Waals surface area contributed by atoms with Gasteiger partial charge in [0.15, 0.2) is 0 Å². The molecule has 2 aromatic carbocycles. The lowest BCUT2D eigenvalue weighted by molar-refractivity contribution is -0.383. The summed E-state index contributed by atoms with van der Waals surface area (Å²) in [5.41, 5.74) is 12.4. The van der Waals surface area contributed by atoms with Gasteiger partial charge in [0.05, 0.1) is 10.5 Å². The molecule has 1 fully saturated rings. The van der Waals surface area contributed by atoms with Crippen LogP contribution in [-0.2, 0) is 5.54 Å². The average molecular weight is 285 g/mol. The monoisotopic (exact) mass is 285 g/mol. The minimum absolute atomic E-state index is 0.0838. The van der Waals surface area contributed by atoms with Crippen LogP contribution in [0.2, 0.25) is 0 Å². The van der Waals surface area contributed by atoms with Crippen molar-refractivity contribution in [3.63, 3.8) is 0 Å². The van der Waals surface area contributed by atoms with Crippen molar-refractivity contribution in [2.45, 2.75) is 18.1 Å². The Bertz CT molecular complexity index is 690. The lowest BCUT2D eigenvalue weighted by Crippen LogP contribution is -2.26. The zero-order chi connectivity index (χ0) is 15.0. The molecule has 0 aliphatic heterocycles. The standard InChI is InChI=1S/C15H15N3O3/c16-12-8-11(6-7-13(12)18(19)20)21-14-9-15(14,17)10-4-2-1-3-5-10/h1-8,14H,9,16-17H2/t14-,15?/m1/s1. The molecule has 2 atom stereocenters. The molecular weight excluding hydrogens is 270 g/mol. The van der Waals surface area contributed by atoms with E-state index in [0.29, 0.717) is 12.2 Å². The first-order valence-electron chi connectivity index (χ1n) is 6.56. The van der Waals surface area contributed by atoms with Crippen molar-refractivity contribution in [3.05, 3.63) is 64.2 Å². The van der Waals surface area contributed by atoms with Crippen LogP contribution in [0.25, 0.3) is 0 Å².